The first-order chi connectivity index (χ1) is 10.1. The van der Waals surface area contributed by atoms with Gasteiger partial charge in [0, 0.05) is 12.6 Å². The van der Waals surface area contributed by atoms with Gasteiger partial charge in [-0.15, -0.1) is 0 Å². The lowest BCUT2D eigenvalue weighted by Gasteiger charge is -2.29. The minimum absolute atomic E-state index is 0.00594. The normalized spacial score (nSPS) is 30.6. The summed E-state index contributed by atoms with van der Waals surface area (Å²) in [6.07, 6.45) is 3.13. The molecular formula is C16H20FNO3. The van der Waals surface area contributed by atoms with Gasteiger partial charge < -0.3 is 15.2 Å². The van der Waals surface area contributed by atoms with E-state index in [-0.39, 0.29) is 23.5 Å². The molecule has 21 heavy (non-hydrogen) atoms. The predicted octanol–water partition coefficient (Wildman–Crippen LogP) is 2.42. The van der Waals surface area contributed by atoms with Crippen molar-refractivity contribution in [1.82, 2.24) is 5.32 Å². The number of ether oxygens (including phenoxy) is 1. The number of carboxylic acids is 1. The second kappa shape index (κ2) is 5.64. The van der Waals surface area contributed by atoms with Gasteiger partial charge in [-0.05, 0) is 48.8 Å². The number of aliphatic carboxylic acids is 1. The molecule has 0 spiro atoms. The highest BCUT2D eigenvalue weighted by Gasteiger charge is 2.50. The van der Waals surface area contributed by atoms with Crippen LogP contribution in [0.2, 0.25) is 0 Å². The number of hydrogen-bond acceptors (Lipinski definition) is 3. The van der Waals surface area contributed by atoms with Gasteiger partial charge in [0.2, 0.25) is 0 Å². The number of benzene rings is 1. The Morgan fingerprint density at radius 3 is 2.86 bits per heavy atom. The van der Waals surface area contributed by atoms with Gasteiger partial charge >= 0.3 is 5.97 Å². The number of methoxy groups -OCH3 is 1. The molecule has 3 rings (SSSR count). The van der Waals surface area contributed by atoms with Gasteiger partial charge in [-0.1, -0.05) is 6.07 Å². The van der Waals surface area contributed by atoms with Crippen molar-refractivity contribution in [2.24, 2.45) is 17.8 Å². The molecule has 4 atom stereocenters. The average molecular weight is 293 g/mol. The zero-order chi connectivity index (χ0) is 15.0. The number of halogens is 1. The van der Waals surface area contributed by atoms with E-state index in [9.17, 15) is 14.3 Å². The second-order valence-corrected chi connectivity index (χ2v) is 6.07. The Morgan fingerprint density at radius 1 is 1.43 bits per heavy atom. The van der Waals surface area contributed by atoms with Crippen LogP contribution in [-0.2, 0) is 11.3 Å². The van der Waals surface area contributed by atoms with Crippen molar-refractivity contribution in [3.05, 3.63) is 29.6 Å². The monoisotopic (exact) mass is 293 g/mol. The summed E-state index contributed by atoms with van der Waals surface area (Å²) >= 11 is 0. The molecule has 2 bridgehead atoms. The highest BCUT2D eigenvalue weighted by molar-refractivity contribution is 5.72. The smallest absolute Gasteiger partial charge is 0.308 e. The van der Waals surface area contributed by atoms with Gasteiger partial charge in [0.15, 0.2) is 11.6 Å². The first-order valence-corrected chi connectivity index (χ1v) is 7.38. The van der Waals surface area contributed by atoms with E-state index >= 15 is 0 Å². The highest BCUT2D eigenvalue weighted by atomic mass is 19.1. The maximum atomic E-state index is 13.7. The summed E-state index contributed by atoms with van der Waals surface area (Å²) in [6.45, 7) is 0.485. The fourth-order valence-electron chi connectivity index (χ4n) is 4.00. The van der Waals surface area contributed by atoms with Crippen LogP contribution in [0.5, 0.6) is 5.75 Å². The molecule has 114 valence electrons. The first kappa shape index (κ1) is 14.3. The topological polar surface area (TPSA) is 58.6 Å². The molecule has 4 nitrogen and oxygen atoms in total. The molecule has 0 aliphatic heterocycles. The third-order valence-electron chi connectivity index (χ3n) is 4.96. The molecule has 1 aromatic rings. The van der Waals surface area contributed by atoms with Gasteiger partial charge in [-0.2, -0.15) is 0 Å². The molecule has 0 saturated heterocycles. The zero-order valence-electron chi connectivity index (χ0n) is 12.0. The highest BCUT2D eigenvalue weighted by Crippen LogP contribution is 2.48. The Kier molecular flexibility index (Phi) is 3.85. The van der Waals surface area contributed by atoms with Crippen molar-refractivity contribution >= 4 is 5.97 Å². The van der Waals surface area contributed by atoms with Crippen molar-refractivity contribution in [3.8, 4) is 5.75 Å². The Morgan fingerprint density at radius 2 is 2.19 bits per heavy atom. The Hall–Kier alpha value is -1.62. The molecule has 0 radical (unpaired) electrons. The van der Waals surface area contributed by atoms with Crippen molar-refractivity contribution in [2.45, 2.75) is 31.8 Å². The molecule has 2 saturated carbocycles. The van der Waals surface area contributed by atoms with Crippen LogP contribution in [0.4, 0.5) is 4.39 Å². The van der Waals surface area contributed by atoms with Crippen LogP contribution in [0.1, 0.15) is 24.8 Å². The van der Waals surface area contributed by atoms with Crippen LogP contribution in [0.15, 0.2) is 18.2 Å². The van der Waals surface area contributed by atoms with E-state index in [0.717, 1.165) is 24.8 Å². The summed E-state index contributed by atoms with van der Waals surface area (Å²) in [5.41, 5.74) is 0.806. The SMILES string of the molecule is COc1ccc(CNC2C3CCC(C3)C2C(=O)O)cc1F. The number of carbonyl (C=O) groups is 1. The fraction of sp³-hybridized carbons (Fsp3) is 0.562. The van der Waals surface area contributed by atoms with E-state index in [1.54, 1.807) is 12.1 Å². The Bertz CT molecular complexity index is 548. The quantitative estimate of drug-likeness (QED) is 0.875. The number of rotatable bonds is 5. The molecule has 0 heterocycles. The van der Waals surface area contributed by atoms with Crippen LogP contribution < -0.4 is 10.1 Å². The summed E-state index contributed by atoms with van der Waals surface area (Å²) in [6, 6.07) is 4.85. The third kappa shape index (κ3) is 2.62. The molecule has 0 amide bonds. The largest absolute Gasteiger partial charge is 0.494 e. The molecule has 4 unspecified atom stereocenters. The minimum atomic E-state index is -0.708. The molecule has 2 N–H and O–H groups in total. The molecule has 2 aliphatic rings. The molecule has 2 fully saturated rings. The maximum absolute atomic E-state index is 13.7. The van der Waals surface area contributed by atoms with Gasteiger partial charge in [0.05, 0.1) is 13.0 Å². The third-order valence-corrected chi connectivity index (χ3v) is 4.96. The number of nitrogens with one attached hydrogen (secondary N) is 1. The predicted molar refractivity (Wildman–Crippen MR) is 75.5 cm³/mol. The van der Waals surface area contributed by atoms with Crippen LogP contribution >= 0.6 is 0 Å². The number of fused-ring (bicyclic) bond motifs is 2. The van der Waals surface area contributed by atoms with Crippen molar-refractivity contribution in [2.75, 3.05) is 7.11 Å². The standard InChI is InChI=1S/C16H20FNO3/c1-21-13-5-2-9(6-12(13)17)8-18-15-11-4-3-10(7-11)14(15)16(19)20/h2,5-6,10-11,14-15,18H,3-4,7-8H2,1H3,(H,19,20). The molecular weight excluding hydrogens is 273 g/mol. The summed E-state index contributed by atoms with van der Waals surface area (Å²) in [5.74, 6) is -0.425. The average Bonchev–Trinajstić information content (AvgIpc) is 3.05. The second-order valence-electron chi connectivity index (χ2n) is 6.07. The van der Waals surface area contributed by atoms with Gasteiger partial charge in [-0.25, -0.2) is 4.39 Å². The van der Waals surface area contributed by atoms with Gasteiger partial charge in [0.25, 0.3) is 0 Å². The van der Waals surface area contributed by atoms with Gasteiger partial charge in [0.1, 0.15) is 0 Å². The Labute approximate surface area is 123 Å². The maximum Gasteiger partial charge on any atom is 0.308 e. The first-order valence-electron chi connectivity index (χ1n) is 7.38. The number of carboxylic acid groups (broad SMARTS) is 1. The Balaban J connectivity index is 1.67. The molecule has 0 aromatic heterocycles. The molecule has 5 heteroatoms. The van der Waals surface area contributed by atoms with Crippen molar-refractivity contribution in [1.29, 1.82) is 0 Å². The lowest BCUT2D eigenvalue weighted by molar-refractivity contribution is -0.144. The summed E-state index contributed by atoms with van der Waals surface area (Å²) < 4.78 is 18.6. The molecule has 2 aliphatic carbocycles. The van der Waals surface area contributed by atoms with Gasteiger partial charge in [-0.3, -0.25) is 4.79 Å². The zero-order valence-corrected chi connectivity index (χ0v) is 12.0. The summed E-state index contributed by atoms with van der Waals surface area (Å²) in [5, 5.41) is 12.7. The van der Waals surface area contributed by atoms with E-state index in [2.05, 4.69) is 5.32 Å². The minimum Gasteiger partial charge on any atom is -0.494 e. The van der Waals surface area contributed by atoms with E-state index < -0.39 is 5.97 Å². The van der Waals surface area contributed by atoms with Crippen LogP contribution in [0.3, 0.4) is 0 Å². The van der Waals surface area contributed by atoms with E-state index in [4.69, 9.17) is 4.74 Å². The fourth-order valence-corrected chi connectivity index (χ4v) is 4.00. The lowest BCUT2D eigenvalue weighted by Crippen LogP contribution is -2.43. The van der Waals surface area contributed by atoms with E-state index in [1.165, 1.54) is 13.2 Å². The van der Waals surface area contributed by atoms with Crippen LogP contribution in [-0.4, -0.2) is 24.2 Å². The van der Waals surface area contributed by atoms with Crippen molar-refractivity contribution in [3.63, 3.8) is 0 Å². The molecule has 1 aromatic carbocycles. The number of hydrogen-bond donors (Lipinski definition) is 2. The van der Waals surface area contributed by atoms with Crippen LogP contribution in [0.25, 0.3) is 0 Å². The van der Waals surface area contributed by atoms with E-state index in [1.807, 2.05) is 0 Å². The lowest BCUT2D eigenvalue weighted by atomic mass is 9.84. The van der Waals surface area contributed by atoms with Crippen LogP contribution in [0, 0.1) is 23.6 Å². The van der Waals surface area contributed by atoms with Crippen molar-refractivity contribution < 1.29 is 19.0 Å². The summed E-state index contributed by atoms with van der Waals surface area (Å²) in [4.78, 5) is 11.4. The van der Waals surface area contributed by atoms with E-state index in [0.29, 0.717) is 18.4 Å². The summed E-state index contributed by atoms with van der Waals surface area (Å²) in [7, 11) is 1.43.